The fourth-order valence-corrected chi connectivity index (χ4v) is 4.92. The van der Waals surface area contributed by atoms with E-state index in [0.29, 0.717) is 17.8 Å². The summed E-state index contributed by atoms with van der Waals surface area (Å²) >= 11 is 0.693. The molecule has 1 aromatic heterocycles. The maximum absolute atomic E-state index is 12.5. The molecule has 0 spiro atoms. The van der Waals surface area contributed by atoms with Gasteiger partial charge in [0.05, 0.1) is 0 Å². The Bertz CT molecular complexity index is 671. The van der Waals surface area contributed by atoms with Crippen LogP contribution in [0.3, 0.4) is 0 Å². The monoisotopic (exact) mass is 334 g/mol. The molecule has 0 aliphatic carbocycles. The van der Waals surface area contributed by atoms with Crippen LogP contribution < -0.4 is 5.32 Å². The first kappa shape index (κ1) is 15.8. The van der Waals surface area contributed by atoms with E-state index in [9.17, 15) is 23.1 Å². The molecule has 2 atom stereocenters. The molecule has 9 nitrogen and oxygen atoms in total. The minimum absolute atomic E-state index is 0.0557. The first-order valence-corrected chi connectivity index (χ1v) is 8.35. The highest BCUT2D eigenvalue weighted by Crippen LogP contribution is 2.32. The molecule has 2 unspecified atom stereocenters. The third-order valence-corrected chi connectivity index (χ3v) is 6.19. The zero-order valence-corrected chi connectivity index (χ0v) is 12.9. The number of sulfonamides is 1. The smallest absolute Gasteiger partial charge is 0.322 e. The van der Waals surface area contributed by atoms with Crippen molar-refractivity contribution in [3.63, 3.8) is 0 Å². The van der Waals surface area contributed by atoms with Crippen LogP contribution in [0.5, 0.6) is 0 Å². The Hall–Kier alpha value is -1.59. The summed E-state index contributed by atoms with van der Waals surface area (Å²) in [6.07, 6.45) is 0.466. The second kappa shape index (κ2) is 5.66. The maximum Gasteiger partial charge on any atom is 0.322 e. The molecule has 11 heteroatoms. The van der Waals surface area contributed by atoms with Gasteiger partial charge < -0.3 is 10.4 Å². The van der Waals surface area contributed by atoms with Crippen molar-refractivity contribution in [1.29, 1.82) is 0 Å². The van der Waals surface area contributed by atoms with Crippen LogP contribution in [0.4, 0.5) is 5.13 Å². The van der Waals surface area contributed by atoms with Crippen LogP contribution in [-0.4, -0.2) is 52.5 Å². The molecule has 1 aliphatic rings. The molecule has 0 radical (unpaired) electrons. The molecule has 21 heavy (non-hydrogen) atoms. The van der Waals surface area contributed by atoms with E-state index in [1.165, 1.54) is 6.92 Å². The topological polar surface area (TPSA) is 130 Å². The van der Waals surface area contributed by atoms with Gasteiger partial charge in [0, 0.05) is 13.5 Å². The van der Waals surface area contributed by atoms with E-state index in [0.717, 1.165) is 4.31 Å². The molecule has 2 heterocycles. The molecule has 1 saturated heterocycles. The van der Waals surface area contributed by atoms with Crippen LogP contribution in [-0.2, 0) is 19.6 Å². The van der Waals surface area contributed by atoms with Crippen molar-refractivity contribution in [2.75, 3.05) is 11.9 Å². The molecule has 116 valence electrons. The average molecular weight is 334 g/mol. The normalized spacial score (nSPS) is 23.1. The lowest BCUT2D eigenvalue weighted by Crippen LogP contribution is -2.42. The number of carboxylic acid groups (broad SMARTS) is 1. The van der Waals surface area contributed by atoms with Crippen molar-refractivity contribution in [3.8, 4) is 0 Å². The average Bonchev–Trinajstić information content (AvgIpc) is 2.95. The molecule has 0 bridgehead atoms. The molecule has 0 aromatic carbocycles. The summed E-state index contributed by atoms with van der Waals surface area (Å²) in [5.74, 6) is -1.86. The summed E-state index contributed by atoms with van der Waals surface area (Å²) in [5.41, 5.74) is 0. The predicted octanol–water partition coefficient (Wildman–Crippen LogP) is -0.0198. The number of anilines is 1. The van der Waals surface area contributed by atoms with Crippen LogP contribution in [0.1, 0.15) is 20.3 Å². The van der Waals surface area contributed by atoms with Crippen molar-refractivity contribution < 1.29 is 23.1 Å². The molecular weight excluding hydrogens is 320 g/mol. The first-order chi connectivity index (χ1) is 9.73. The Balaban J connectivity index is 2.31. The molecular formula is C10H14N4O5S2. The number of hydrogen-bond donors (Lipinski definition) is 2. The lowest BCUT2D eigenvalue weighted by molar-refractivity contribution is -0.141. The van der Waals surface area contributed by atoms with Gasteiger partial charge in [-0.3, -0.25) is 9.59 Å². The zero-order valence-electron chi connectivity index (χ0n) is 11.3. The zero-order chi connectivity index (χ0) is 15.8. The van der Waals surface area contributed by atoms with Crippen LogP contribution in [0.15, 0.2) is 4.34 Å². The summed E-state index contributed by atoms with van der Waals surface area (Å²) in [6.45, 7) is 3.07. The minimum atomic E-state index is -4.03. The highest BCUT2D eigenvalue weighted by molar-refractivity contribution is 7.91. The number of aromatic nitrogens is 2. The van der Waals surface area contributed by atoms with E-state index in [2.05, 4.69) is 15.5 Å². The number of rotatable bonds is 4. The summed E-state index contributed by atoms with van der Waals surface area (Å²) in [7, 11) is -4.03. The van der Waals surface area contributed by atoms with Gasteiger partial charge >= 0.3 is 5.97 Å². The van der Waals surface area contributed by atoms with Gasteiger partial charge in [0.1, 0.15) is 6.04 Å². The summed E-state index contributed by atoms with van der Waals surface area (Å²) in [5, 5.41) is 18.7. The lowest BCUT2D eigenvalue weighted by atomic mass is 10.0. The molecule has 2 rings (SSSR count). The standard InChI is InChI=1S/C10H14N4O5S2/c1-5-3-4-14(7(5)8(16)17)21(18,19)10-13-12-9(20-10)11-6(2)15/h5,7H,3-4H2,1-2H3,(H,16,17)(H,11,12,15). The van der Waals surface area contributed by atoms with Crippen molar-refractivity contribution in [1.82, 2.24) is 14.5 Å². The third-order valence-electron chi connectivity index (χ3n) is 3.13. The Morgan fingerprint density at radius 1 is 1.43 bits per heavy atom. The van der Waals surface area contributed by atoms with Crippen LogP contribution in [0.25, 0.3) is 0 Å². The number of carboxylic acids is 1. The lowest BCUT2D eigenvalue weighted by Gasteiger charge is -2.21. The number of nitrogens with one attached hydrogen (secondary N) is 1. The second-order valence-corrected chi connectivity index (χ2v) is 7.76. The highest BCUT2D eigenvalue weighted by atomic mass is 32.2. The van der Waals surface area contributed by atoms with Crippen molar-refractivity contribution >= 4 is 38.4 Å². The minimum Gasteiger partial charge on any atom is -0.480 e. The third kappa shape index (κ3) is 3.04. The Morgan fingerprint density at radius 2 is 2.10 bits per heavy atom. The van der Waals surface area contributed by atoms with Gasteiger partial charge in [0.15, 0.2) is 0 Å². The van der Waals surface area contributed by atoms with Gasteiger partial charge in [-0.15, -0.1) is 10.2 Å². The quantitative estimate of drug-likeness (QED) is 0.740. The molecule has 2 N–H and O–H groups in total. The van der Waals surface area contributed by atoms with Gasteiger partial charge in [-0.1, -0.05) is 18.3 Å². The van der Waals surface area contributed by atoms with E-state index >= 15 is 0 Å². The van der Waals surface area contributed by atoms with Crippen LogP contribution in [0.2, 0.25) is 0 Å². The first-order valence-electron chi connectivity index (χ1n) is 6.09. The fraction of sp³-hybridized carbons (Fsp3) is 0.600. The number of carbonyl (C=O) groups is 2. The fourth-order valence-electron chi connectivity index (χ4n) is 2.16. The number of amides is 1. The van der Waals surface area contributed by atoms with Gasteiger partial charge in [-0.25, -0.2) is 8.42 Å². The van der Waals surface area contributed by atoms with E-state index < -0.39 is 27.9 Å². The Kier molecular flexibility index (Phi) is 4.25. The Morgan fingerprint density at radius 3 is 2.67 bits per heavy atom. The van der Waals surface area contributed by atoms with Gasteiger partial charge in [-0.05, 0) is 12.3 Å². The maximum atomic E-state index is 12.5. The summed E-state index contributed by atoms with van der Waals surface area (Å²) < 4.78 is 25.5. The molecule has 1 fully saturated rings. The largest absolute Gasteiger partial charge is 0.480 e. The molecule has 1 amide bonds. The van der Waals surface area contributed by atoms with Gasteiger partial charge in [0.2, 0.25) is 15.4 Å². The summed E-state index contributed by atoms with van der Waals surface area (Å²) in [6, 6.07) is -1.11. The number of carbonyl (C=O) groups excluding carboxylic acids is 1. The Labute approximate surface area is 125 Å². The highest BCUT2D eigenvalue weighted by Gasteiger charge is 2.45. The second-order valence-electron chi connectivity index (χ2n) is 4.72. The predicted molar refractivity (Wildman–Crippen MR) is 73.3 cm³/mol. The van der Waals surface area contributed by atoms with Gasteiger partial charge in [-0.2, -0.15) is 4.31 Å². The molecule has 1 aliphatic heterocycles. The number of nitrogens with zero attached hydrogens (tertiary/aromatic N) is 3. The van der Waals surface area contributed by atoms with Gasteiger partial charge in [0.25, 0.3) is 10.0 Å². The number of aliphatic carboxylic acids is 1. The molecule has 0 saturated carbocycles. The van der Waals surface area contributed by atoms with E-state index in [-0.39, 0.29) is 21.9 Å². The van der Waals surface area contributed by atoms with E-state index in [4.69, 9.17) is 0 Å². The summed E-state index contributed by atoms with van der Waals surface area (Å²) in [4.78, 5) is 22.2. The van der Waals surface area contributed by atoms with Crippen molar-refractivity contribution in [3.05, 3.63) is 0 Å². The number of hydrogen-bond acceptors (Lipinski definition) is 7. The van der Waals surface area contributed by atoms with Crippen molar-refractivity contribution in [2.24, 2.45) is 5.92 Å². The molecule has 1 aromatic rings. The van der Waals surface area contributed by atoms with Crippen molar-refractivity contribution in [2.45, 2.75) is 30.6 Å². The van der Waals surface area contributed by atoms with Crippen LogP contribution in [0, 0.1) is 5.92 Å². The van der Waals surface area contributed by atoms with Crippen LogP contribution >= 0.6 is 11.3 Å². The SMILES string of the molecule is CC(=O)Nc1nnc(S(=O)(=O)N2CCC(C)C2C(=O)O)s1. The van der Waals surface area contributed by atoms with E-state index in [1.807, 2.05) is 0 Å². The van der Waals surface area contributed by atoms with E-state index in [1.54, 1.807) is 6.92 Å².